The van der Waals surface area contributed by atoms with Crippen molar-refractivity contribution < 1.29 is 0 Å². The Balaban J connectivity index is 2.77. The van der Waals surface area contributed by atoms with Crippen molar-refractivity contribution in [2.75, 3.05) is 0 Å². The summed E-state index contributed by atoms with van der Waals surface area (Å²) in [6, 6.07) is 6.96. The van der Waals surface area contributed by atoms with E-state index < -0.39 is 0 Å². The lowest BCUT2D eigenvalue weighted by Gasteiger charge is -2.26. The number of hydrazine groups is 1. The van der Waals surface area contributed by atoms with Crippen LogP contribution in [0.1, 0.15) is 43.9 Å². The zero-order valence-corrected chi connectivity index (χ0v) is 11.8. The van der Waals surface area contributed by atoms with Gasteiger partial charge in [-0.1, -0.05) is 44.5 Å². The molecule has 0 spiro atoms. The molecule has 0 aliphatic heterocycles. The van der Waals surface area contributed by atoms with E-state index in [0.717, 1.165) is 12.8 Å². The van der Waals surface area contributed by atoms with Crippen molar-refractivity contribution in [3.63, 3.8) is 0 Å². The predicted molar refractivity (Wildman–Crippen MR) is 74.8 cm³/mol. The SMILES string of the molecule is Cc1ccc(C)c(CC(CC(C)(C)C)NN)c1. The molecule has 0 amide bonds. The number of nitrogens with two attached hydrogens (primary N) is 1. The van der Waals surface area contributed by atoms with Crippen molar-refractivity contribution in [3.8, 4) is 0 Å². The Kier molecular flexibility index (Phi) is 4.72. The van der Waals surface area contributed by atoms with Gasteiger partial charge in [0.15, 0.2) is 0 Å². The highest BCUT2D eigenvalue weighted by Crippen LogP contribution is 2.23. The van der Waals surface area contributed by atoms with E-state index >= 15 is 0 Å². The van der Waals surface area contributed by atoms with Gasteiger partial charge < -0.3 is 0 Å². The summed E-state index contributed by atoms with van der Waals surface area (Å²) in [4.78, 5) is 0. The van der Waals surface area contributed by atoms with E-state index in [9.17, 15) is 0 Å². The molecular formula is C15H26N2. The second-order valence-corrected chi connectivity index (χ2v) is 6.26. The van der Waals surface area contributed by atoms with E-state index in [2.05, 4.69) is 58.2 Å². The van der Waals surface area contributed by atoms with E-state index in [1.165, 1.54) is 16.7 Å². The van der Waals surface area contributed by atoms with Crippen LogP contribution in [0.4, 0.5) is 0 Å². The molecule has 0 aromatic heterocycles. The van der Waals surface area contributed by atoms with Crippen molar-refractivity contribution in [3.05, 3.63) is 34.9 Å². The maximum absolute atomic E-state index is 5.67. The van der Waals surface area contributed by atoms with Crippen LogP contribution in [0.15, 0.2) is 18.2 Å². The number of hydrogen-bond donors (Lipinski definition) is 2. The average molecular weight is 234 g/mol. The van der Waals surface area contributed by atoms with Gasteiger partial charge in [-0.2, -0.15) is 0 Å². The van der Waals surface area contributed by atoms with Crippen LogP contribution in [0.3, 0.4) is 0 Å². The lowest BCUT2D eigenvalue weighted by Crippen LogP contribution is -2.39. The minimum absolute atomic E-state index is 0.300. The van der Waals surface area contributed by atoms with Crippen molar-refractivity contribution in [1.29, 1.82) is 0 Å². The van der Waals surface area contributed by atoms with E-state index in [4.69, 9.17) is 5.84 Å². The van der Waals surface area contributed by atoms with Crippen LogP contribution < -0.4 is 11.3 Å². The molecule has 1 rings (SSSR count). The minimum Gasteiger partial charge on any atom is -0.271 e. The molecule has 17 heavy (non-hydrogen) atoms. The zero-order chi connectivity index (χ0) is 13.1. The number of benzene rings is 1. The molecule has 0 aliphatic rings. The molecule has 0 bridgehead atoms. The minimum atomic E-state index is 0.300. The average Bonchev–Trinajstić information content (AvgIpc) is 2.20. The van der Waals surface area contributed by atoms with Crippen LogP contribution in [-0.4, -0.2) is 6.04 Å². The Labute approximate surface area is 106 Å². The van der Waals surface area contributed by atoms with Crippen LogP contribution in [0.2, 0.25) is 0 Å². The molecule has 0 heterocycles. The van der Waals surface area contributed by atoms with Crippen LogP contribution in [0, 0.1) is 19.3 Å². The molecule has 0 fully saturated rings. The fourth-order valence-corrected chi connectivity index (χ4v) is 2.21. The predicted octanol–water partition coefficient (Wildman–Crippen LogP) is 3.11. The molecular weight excluding hydrogens is 208 g/mol. The highest BCUT2D eigenvalue weighted by atomic mass is 15.2. The Bertz CT molecular complexity index is 364. The standard InChI is InChI=1S/C15H26N2/c1-11-6-7-12(2)13(8-11)9-14(17-16)10-15(3,4)5/h6-8,14,17H,9-10,16H2,1-5H3. The normalized spacial score (nSPS) is 13.8. The van der Waals surface area contributed by atoms with Gasteiger partial charge in [0.25, 0.3) is 0 Å². The first-order valence-electron chi connectivity index (χ1n) is 6.34. The summed E-state index contributed by atoms with van der Waals surface area (Å²) < 4.78 is 0. The zero-order valence-electron chi connectivity index (χ0n) is 11.8. The first kappa shape index (κ1) is 14.2. The molecule has 0 radical (unpaired) electrons. The first-order chi connectivity index (χ1) is 7.81. The molecule has 0 saturated heterocycles. The van der Waals surface area contributed by atoms with Crippen molar-refractivity contribution in [2.45, 2.75) is 53.5 Å². The number of nitrogens with one attached hydrogen (secondary N) is 1. The van der Waals surface area contributed by atoms with Gasteiger partial charge in [-0.05, 0) is 43.2 Å². The Morgan fingerprint density at radius 2 is 1.88 bits per heavy atom. The van der Waals surface area contributed by atoms with E-state index in [-0.39, 0.29) is 0 Å². The van der Waals surface area contributed by atoms with Gasteiger partial charge in [-0.25, -0.2) is 0 Å². The topological polar surface area (TPSA) is 38.0 Å². The van der Waals surface area contributed by atoms with Gasteiger partial charge in [-0.15, -0.1) is 0 Å². The van der Waals surface area contributed by atoms with Crippen LogP contribution in [0.25, 0.3) is 0 Å². The summed E-state index contributed by atoms with van der Waals surface area (Å²) in [5.41, 5.74) is 7.32. The van der Waals surface area contributed by atoms with Gasteiger partial charge >= 0.3 is 0 Å². The highest BCUT2D eigenvalue weighted by molar-refractivity contribution is 5.31. The molecule has 2 nitrogen and oxygen atoms in total. The summed E-state index contributed by atoms with van der Waals surface area (Å²) in [6.45, 7) is 11.1. The summed E-state index contributed by atoms with van der Waals surface area (Å²) in [6.07, 6.45) is 2.08. The molecule has 0 aliphatic carbocycles. The second-order valence-electron chi connectivity index (χ2n) is 6.26. The van der Waals surface area contributed by atoms with Gasteiger partial charge in [0.2, 0.25) is 0 Å². The van der Waals surface area contributed by atoms with Gasteiger partial charge in [0.1, 0.15) is 0 Å². The summed E-state index contributed by atoms with van der Waals surface area (Å²) >= 11 is 0. The third kappa shape index (κ3) is 4.88. The number of hydrogen-bond acceptors (Lipinski definition) is 2. The molecule has 2 heteroatoms. The fourth-order valence-electron chi connectivity index (χ4n) is 2.21. The lowest BCUT2D eigenvalue weighted by molar-refractivity contribution is 0.308. The van der Waals surface area contributed by atoms with Crippen LogP contribution in [0.5, 0.6) is 0 Å². The van der Waals surface area contributed by atoms with E-state index in [1.54, 1.807) is 0 Å². The fraction of sp³-hybridized carbons (Fsp3) is 0.600. The van der Waals surface area contributed by atoms with Gasteiger partial charge in [0, 0.05) is 6.04 Å². The molecule has 1 atom stereocenters. The molecule has 1 unspecified atom stereocenters. The largest absolute Gasteiger partial charge is 0.271 e. The first-order valence-corrected chi connectivity index (χ1v) is 6.34. The number of aryl methyl sites for hydroxylation is 2. The van der Waals surface area contributed by atoms with E-state index in [1.807, 2.05) is 0 Å². The lowest BCUT2D eigenvalue weighted by atomic mass is 9.85. The third-order valence-corrected chi connectivity index (χ3v) is 3.07. The molecule has 1 aromatic carbocycles. The van der Waals surface area contributed by atoms with E-state index in [0.29, 0.717) is 11.5 Å². The summed E-state index contributed by atoms with van der Waals surface area (Å²) in [5.74, 6) is 5.67. The Hall–Kier alpha value is -0.860. The smallest absolute Gasteiger partial charge is 0.0256 e. The van der Waals surface area contributed by atoms with Crippen molar-refractivity contribution in [1.82, 2.24) is 5.43 Å². The maximum atomic E-state index is 5.67. The highest BCUT2D eigenvalue weighted by Gasteiger charge is 2.18. The monoisotopic (exact) mass is 234 g/mol. The quantitative estimate of drug-likeness (QED) is 0.620. The van der Waals surface area contributed by atoms with Gasteiger partial charge in [0.05, 0.1) is 0 Å². The molecule has 3 N–H and O–H groups in total. The van der Waals surface area contributed by atoms with Crippen LogP contribution in [-0.2, 0) is 6.42 Å². The molecule has 0 saturated carbocycles. The molecule has 96 valence electrons. The van der Waals surface area contributed by atoms with Crippen molar-refractivity contribution >= 4 is 0 Å². The Morgan fingerprint density at radius 3 is 2.41 bits per heavy atom. The summed E-state index contributed by atoms with van der Waals surface area (Å²) in [5, 5.41) is 0. The second kappa shape index (κ2) is 5.65. The van der Waals surface area contributed by atoms with Gasteiger partial charge in [-0.3, -0.25) is 11.3 Å². The van der Waals surface area contributed by atoms with Crippen molar-refractivity contribution in [2.24, 2.45) is 11.3 Å². The van der Waals surface area contributed by atoms with Crippen LogP contribution >= 0.6 is 0 Å². The summed E-state index contributed by atoms with van der Waals surface area (Å²) in [7, 11) is 0. The third-order valence-electron chi connectivity index (χ3n) is 3.07. The molecule has 1 aromatic rings. The maximum Gasteiger partial charge on any atom is 0.0256 e. The number of rotatable bonds is 4. The Morgan fingerprint density at radius 1 is 1.24 bits per heavy atom.